The lowest BCUT2D eigenvalue weighted by atomic mass is 10.2. The van der Waals surface area contributed by atoms with Gasteiger partial charge in [0.15, 0.2) is 0 Å². The van der Waals surface area contributed by atoms with Gasteiger partial charge in [-0.05, 0) is 22.4 Å². The minimum Gasteiger partial charge on any atom is -0.387 e. The second kappa shape index (κ2) is 6.95. The number of aliphatic hydroxyl groups excluding tert-OH is 1. The molecule has 0 saturated carbocycles. The molecule has 1 unspecified atom stereocenters. The zero-order valence-electron chi connectivity index (χ0n) is 8.64. The molecule has 3 N–H and O–H groups in total. The zero-order valence-corrected chi connectivity index (χ0v) is 9.46. The second-order valence-electron chi connectivity index (χ2n) is 3.14. The molecule has 0 aliphatic heterocycles. The van der Waals surface area contributed by atoms with Crippen LogP contribution in [0.5, 0.6) is 0 Å². The number of amides is 1. The number of carbonyl (C=O) groups is 1. The molecule has 0 aliphatic rings. The molecule has 0 radical (unpaired) electrons. The van der Waals surface area contributed by atoms with Gasteiger partial charge in [-0.2, -0.15) is 16.6 Å². The summed E-state index contributed by atoms with van der Waals surface area (Å²) in [5.74, 6) is -0.251. The predicted molar refractivity (Wildman–Crippen MR) is 60.8 cm³/mol. The van der Waals surface area contributed by atoms with E-state index in [-0.39, 0.29) is 19.0 Å². The van der Waals surface area contributed by atoms with Gasteiger partial charge in [0.2, 0.25) is 5.91 Å². The number of hydrogen-bond donors (Lipinski definition) is 3. The second-order valence-corrected chi connectivity index (χ2v) is 3.92. The van der Waals surface area contributed by atoms with Crippen molar-refractivity contribution < 1.29 is 9.90 Å². The van der Waals surface area contributed by atoms with E-state index in [0.29, 0.717) is 6.54 Å². The first-order chi connectivity index (χ1) is 7.74. The van der Waals surface area contributed by atoms with Crippen molar-refractivity contribution in [1.29, 1.82) is 5.26 Å². The lowest BCUT2D eigenvalue weighted by molar-refractivity contribution is -0.120. The molecule has 0 aliphatic carbocycles. The van der Waals surface area contributed by atoms with Crippen molar-refractivity contribution in [2.45, 2.75) is 6.10 Å². The maximum Gasteiger partial charge on any atom is 0.234 e. The van der Waals surface area contributed by atoms with E-state index in [4.69, 9.17) is 5.26 Å². The van der Waals surface area contributed by atoms with Gasteiger partial charge in [-0.1, -0.05) is 0 Å². The van der Waals surface area contributed by atoms with E-state index in [9.17, 15) is 9.90 Å². The molecule has 0 saturated heterocycles. The van der Waals surface area contributed by atoms with Crippen LogP contribution >= 0.6 is 11.3 Å². The lowest BCUT2D eigenvalue weighted by Gasteiger charge is -2.09. The Morgan fingerprint density at radius 1 is 1.69 bits per heavy atom. The van der Waals surface area contributed by atoms with Crippen molar-refractivity contribution in [2.75, 3.05) is 19.6 Å². The van der Waals surface area contributed by atoms with Crippen LogP contribution in [0.1, 0.15) is 11.7 Å². The first kappa shape index (κ1) is 12.6. The number of thiophene rings is 1. The third kappa shape index (κ3) is 4.40. The van der Waals surface area contributed by atoms with Crippen LogP contribution in [0.25, 0.3) is 0 Å². The van der Waals surface area contributed by atoms with Gasteiger partial charge in [-0.3, -0.25) is 4.79 Å². The molecule has 16 heavy (non-hydrogen) atoms. The van der Waals surface area contributed by atoms with Gasteiger partial charge in [0, 0.05) is 6.54 Å². The number of carbonyl (C=O) groups excluding carboxylic acids is 1. The minimum absolute atomic E-state index is 0.00754. The monoisotopic (exact) mass is 239 g/mol. The molecular weight excluding hydrogens is 226 g/mol. The summed E-state index contributed by atoms with van der Waals surface area (Å²) < 4.78 is 0. The van der Waals surface area contributed by atoms with Gasteiger partial charge in [0.1, 0.15) is 6.54 Å². The normalized spacial score (nSPS) is 11.8. The summed E-state index contributed by atoms with van der Waals surface area (Å²) in [7, 11) is 0. The number of hydrogen-bond acceptors (Lipinski definition) is 5. The maximum absolute atomic E-state index is 11.1. The summed E-state index contributed by atoms with van der Waals surface area (Å²) >= 11 is 1.52. The Morgan fingerprint density at radius 2 is 2.50 bits per heavy atom. The fourth-order valence-corrected chi connectivity index (χ4v) is 1.81. The summed E-state index contributed by atoms with van der Waals surface area (Å²) in [6, 6.07) is 3.65. The van der Waals surface area contributed by atoms with E-state index >= 15 is 0 Å². The number of rotatable bonds is 6. The summed E-state index contributed by atoms with van der Waals surface area (Å²) in [6.45, 7) is 0.424. The highest BCUT2D eigenvalue weighted by atomic mass is 32.1. The highest BCUT2D eigenvalue weighted by Crippen LogP contribution is 2.14. The molecule has 1 heterocycles. The van der Waals surface area contributed by atoms with E-state index < -0.39 is 6.10 Å². The fourth-order valence-electron chi connectivity index (χ4n) is 1.11. The fraction of sp³-hybridized carbons (Fsp3) is 0.400. The average molecular weight is 239 g/mol. The molecule has 6 heteroatoms. The van der Waals surface area contributed by atoms with E-state index in [1.807, 2.05) is 22.9 Å². The van der Waals surface area contributed by atoms with Crippen molar-refractivity contribution >= 4 is 17.2 Å². The molecular formula is C10H13N3O2S. The molecule has 1 aromatic heterocycles. The standard InChI is InChI=1S/C10H13N3O2S/c11-2-3-13-10(15)6-12-5-9(14)8-1-4-16-7-8/h1,4,7,9,12,14H,3,5-6H2,(H,13,15). The van der Waals surface area contributed by atoms with Gasteiger partial charge in [-0.25, -0.2) is 0 Å². The highest BCUT2D eigenvalue weighted by Gasteiger charge is 2.07. The quantitative estimate of drug-likeness (QED) is 0.610. The van der Waals surface area contributed by atoms with Crippen LogP contribution in [0, 0.1) is 11.3 Å². The largest absolute Gasteiger partial charge is 0.387 e. The van der Waals surface area contributed by atoms with E-state index in [2.05, 4.69) is 10.6 Å². The number of aliphatic hydroxyl groups is 1. The predicted octanol–water partition coefficient (Wildman–Crippen LogP) is 0.0109. The third-order valence-corrected chi connectivity index (χ3v) is 2.62. The van der Waals surface area contributed by atoms with Crippen molar-refractivity contribution in [1.82, 2.24) is 10.6 Å². The van der Waals surface area contributed by atoms with Gasteiger partial charge >= 0.3 is 0 Å². The third-order valence-electron chi connectivity index (χ3n) is 1.92. The lowest BCUT2D eigenvalue weighted by Crippen LogP contribution is -2.35. The topological polar surface area (TPSA) is 85.2 Å². The maximum atomic E-state index is 11.1. The Balaban J connectivity index is 2.16. The van der Waals surface area contributed by atoms with E-state index in [0.717, 1.165) is 5.56 Å². The summed E-state index contributed by atoms with van der Waals surface area (Å²) in [5.41, 5.74) is 0.843. The molecule has 86 valence electrons. The summed E-state index contributed by atoms with van der Waals surface area (Å²) in [4.78, 5) is 11.1. The first-order valence-electron chi connectivity index (χ1n) is 4.78. The summed E-state index contributed by atoms with van der Waals surface area (Å²) in [5, 5.41) is 26.9. The number of nitrogens with zero attached hydrogens (tertiary/aromatic N) is 1. The van der Waals surface area contributed by atoms with Crippen molar-refractivity contribution in [3.05, 3.63) is 22.4 Å². The van der Waals surface area contributed by atoms with Crippen molar-refractivity contribution in [3.63, 3.8) is 0 Å². The molecule has 0 bridgehead atoms. The summed E-state index contributed by atoms with van der Waals surface area (Å²) in [6.07, 6.45) is -0.602. The van der Waals surface area contributed by atoms with Crippen molar-refractivity contribution in [3.8, 4) is 6.07 Å². The number of nitrogens with one attached hydrogen (secondary N) is 2. The SMILES string of the molecule is N#CCNC(=O)CNCC(O)c1ccsc1. The Hall–Kier alpha value is -1.42. The number of nitriles is 1. The van der Waals surface area contributed by atoms with Gasteiger partial charge in [-0.15, -0.1) is 0 Å². The van der Waals surface area contributed by atoms with Gasteiger partial charge in [0.25, 0.3) is 0 Å². The highest BCUT2D eigenvalue weighted by molar-refractivity contribution is 7.07. The first-order valence-corrected chi connectivity index (χ1v) is 5.73. The molecule has 0 spiro atoms. The Labute approximate surface area is 97.7 Å². The molecule has 0 fully saturated rings. The van der Waals surface area contributed by atoms with Gasteiger partial charge in [0.05, 0.1) is 18.7 Å². The van der Waals surface area contributed by atoms with Crippen LogP contribution < -0.4 is 10.6 Å². The van der Waals surface area contributed by atoms with Gasteiger partial charge < -0.3 is 15.7 Å². The Morgan fingerprint density at radius 3 is 3.12 bits per heavy atom. The Bertz CT molecular complexity index is 359. The molecule has 1 amide bonds. The Kier molecular flexibility index (Phi) is 5.50. The van der Waals surface area contributed by atoms with Crippen molar-refractivity contribution in [2.24, 2.45) is 0 Å². The molecule has 1 aromatic rings. The van der Waals surface area contributed by atoms with Crippen LogP contribution in [0.2, 0.25) is 0 Å². The van der Waals surface area contributed by atoms with Crippen LogP contribution in [-0.4, -0.2) is 30.6 Å². The van der Waals surface area contributed by atoms with Crippen LogP contribution in [0.3, 0.4) is 0 Å². The zero-order chi connectivity index (χ0) is 11.8. The van der Waals surface area contributed by atoms with E-state index in [1.165, 1.54) is 11.3 Å². The molecule has 1 rings (SSSR count). The van der Waals surface area contributed by atoms with Crippen LogP contribution in [0.15, 0.2) is 16.8 Å². The minimum atomic E-state index is -0.602. The van der Waals surface area contributed by atoms with Crippen LogP contribution in [-0.2, 0) is 4.79 Å². The smallest absolute Gasteiger partial charge is 0.234 e. The molecule has 1 atom stereocenters. The molecule has 5 nitrogen and oxygen atoms in total. The molecule has 0 aromatic carbocycles. The van der Waals surface area contributed by atoms with Crippen LogP contribution in [0.4, 0.5) is 0 Å². The van der Waals surface area contributed by atoms with E-state index in [1.54, 1.807) is 0 Å². The average Bonchev–Trinajstić information content (AvgIpc) is 2.79.